The van der Waals surface area contributed by atoms with Crippen molar-refractivity contribution in [3.8, 4) is 0 Å². The molecule has 1 fully saturated rings. The van der Waals surface area contributed by atoms with Crippen LogP contribution < -0.4 is 10.6 Å². The predicted molar refractivity (Wildman–Crippen MR) is 208 cm³/mol. The molecule has 0 unspecified atom stereocenters. The van der Waals surface area contributed by atoms with Gasteiger partial charge >= 0.3 is 6.18 Å². The third kappa shape index (κ3) is 8.94. The third-order valence-electron chi connectivity index (χ3n) is 10.5. The van der Waals surface area contributed by atoms with Gasteiger partial charge in [0.05, 0.1) is 18.2 Å². The van der Waals surface area contributed by atoms with Crippen LogP contribution in [0.5, 0.6) is 0 Å². The largest absolute Gasteiger partial charge is 0.416 e. The molecule has 1 saturated heterocycles. The SMILES string of the molecule is CC(=O)N(Cc1ccccc1C(F)(F)F)C[C@@H](Cc1c[nH]c2ccccc12)NC(=O)CN1CCC(c2c[nH]c3ccc(NC(=O)c4ccc(F)cc4)cc23)CC1. The molecule has 4 N–H and O–H groups in total. The number of likely N-dealkylation sites (tertiary alicyclic amines) is 1. The zero-order valence-corrected chi connectivity index (χ0v) is 30.8. The van der Waals surface area contributed by atoms with E-state index in [9.17, 15) is 31.9 Å². The summed E-state index contributed by atoms with van der Waals surface area (Å²) >= 11 is 0. The number of aromatic amines is 2. The van der Waals surface area contributed by atoms with Crippen LogP contribution in [0, 0.1) is 5.82 Å². The number of carbonyl (C=O) groups excluding carboxylic acids is 3. The number of carbonyl (C=O) groups is 3. The number of fused-ring (bicyclic) bond motifs is 2. The van der Waals surface area contributed by atoms with Gasteiger partial charge < -0.3 is 25.5 Å². The first kappa shape index (κ1) is 38.3. The zero-order chi connectivity index (χ0) is 39.4. The molecule has 1 aliphatic heterocycles. The van der Waals surface area contributed by atoms with Crippen molar-refractivity contribution in [1.82, 2.24) is 25.1 Å². The molecular formula is C43H42F4N6O3. The van der Waals surface area contributed by atoms with Crippen molar-refractivity contribution >= 4 is 45.2 Å². The molecule has 3 heterocycles. The van der Waals surface area contributed by atoms with Gasteiger partial charge in [0.1, 0.15) is 5.82 Å². The Hall–Kier alpha value is -5.95. The molecule has 2 aromatic heterocycles. The summed E-state index contributed by atoms with van der Waals surface area (Å²) in [5, 5.41) is 7.97. The summed E-state index contributed by atoms with van der Waals surface area (Å²) in [6.07, 6.45) is 1.22. The van der Waals surface area contributed by atoms with E-state index >= 15 is 0 Å². The molecule has 3 amide bonds. The number of alkyl halides is 3. The van der Waals surface area contributed by atoms with Crippen molar-refractivity contribution < 1.29 is 31.9 Å². The van der Waals surface area contributed by atoms with E-state index in [1.165, 1.54) is 54.3 Å². The average Bonchev–Trinajstić information content (AvgIpc) is 3.79. The van der Waals surface area contributed by atoms with Crippen LogP contribution in [0.3, 0.4) is 0 Å². The maximum Gasteiger partial charge on any atom is 0.416 e. The maximum absolute atomic E-state index is 13.9. The van der Waals surface area contributed by atoms with Crippen LogP contribution in [0.25, 0.3) is 21.8 Å². The summed E-state index contributed by atoms with van der Waals surface area (Å²) in [6, 6.07) is 23.4. The van der Waals surface area contributed by atoms with Gasteiger partial charge in [0.15, 0.2) is 0 Å². The lowest BCUT2D eigenvalue weighted by molar-refractivity contribution is -0.139. The number of H-pyrrole nitrogens is 2. The van der Waals surface area contributed by atoms with E-state index in [0.29, 0.717) is 30.8 Å². The molecule has 1 atom stereocenters. The Morgan fingerprint density at radius 2 is 1.55 bits per heavy atom. The van der Waals surface area contributed by atoms with Crippen LogP contribution in [-0.2, 0) is 28.7 Å². The second-order valence-electron chi connectivity index (χ2n) is 14.4. The van der Waals surface area contributed by atoms with Gasteiger partial charge in [-0.15, -0.1) is 0 Å². The van der Waals surface area contributed by atoms with Gasteiger partial charge in [-0.05, 0) is 110 Å². The zero-order valence-electron chi connectivity index (χ0n) is 30.8. The van der Waals surface area contributed by atoms with Crippen LogP contribution >= 0.6 is 0 Å². The quantitative estimate of drug-likeness (QED) is 0.0946. The molecule has 56 heavy (non-hydrogen) atoms. The lowest BCUT2D eigenvalue weighted by atomic mass is 9.89. The normalized spacial score (nSPS) is 14.5. The Morgan fingerprint density at radius 1 is 0.857 bits per heavy atom. The van der Waals surface area contributed by atoms with Gasteiger partial charge in [-0.2, -0.15) is 13.2 Å². The topological polar surface area (TPSA) is 113 Å². The Morgan fingerprint density at radius 3 is 2.30 bits per heavy atom. The number of rotatable bonds is 12. The second-order valence-corrected chi connectivity index (χ2v) is 14.4. The number of piperidine rings is 1. The lowest BCUT2D eigenvalue weighted by Gasteiger charge is -2.32. The Balaban J connectivity index is 1.01. The van der Waals surface area contributed by atoms with Crippen LogP contribution in [0.15, 0.2) is 103 Å². The van der Waals surface area contributed by atoms with E-state index in [-0.39, 0.29) is 42.9 Å². The van der Waals surface area contributed by atoms with Gasteiger partial charge in [-0.25, -0.2) is 4.39 Å². The summed E-state index contributed by atoms with van der Waals surface area (Å²) in [4.78, 5) is 49.3. The van der Waals surface area contributed by atoms with E-state index < -0.39 is 29.5 Å². The van der Waals surface area contributed by atoms with Crippen LogP contribution in [0.2, 0.25) is 0 Å². The minimum atomic E-state index is -4.58. The molecule has 0 saturated carbocycles. The number of hydrogen-bond acceptors (Lipinski definition) is 4. The highest BCUT2D eigenvalue weighted by Gasteiger charge is 2.34. The molecular weight excluding hydrogens is 725 g/mol. The molecule has 4 aromatic carbocycles. The number of anilines is 1. The smallest absolute Gasteiger partial charge is 0.361 e. The maximum atomic E-state index is 13.9. The number of nitrogens with one attached hydrogen (secondary N) is 4. The van der Waals surface area contributed by atoms with E-state index in [0.717, 1.165) is 51.8 Å². The first-order valence-corrected chi connectivity index (χ1v) is 18.6. The fourth-order valence-corrected chi connectivity index (χ4v) is 7.68. The number of amides is 3. The number of nitrogens with zero attached hydrogens (tertiary/aromatic N) is 2. The molecule has 0 bridgehead atoms. The van der Waals surface area contributed by atoms with Crippen molar-refractivity contribution in [2.24, 2.45) is 0 Å². The predicted octanol–water partition coefficient (Wildman–Crippen LogP) is 8.02. The van der Waals surface area contributed by atoms with Crippen LogP contribution in [0.1, 0.15) is 58.3 Å². The summed E-state index contributed by atoms with van der Waals surface area (Å²) < 4.78 is 54.9. The molecule has 13 heteroatoms. The summed E-state index contributed by atoms with van der Waals surface area (Å²) in [6.45, 7) is 2.53. The number of benzene rings is 4. The molecule has 0 aliphatic carbocycles. The highest BCUT2D eigenvalue weighted by atomic mass is 19.4. The first-order valence-electron chi connectivity index (χ1n) is 18.6. The average molecular weight is 767 g/mol. The first-order chi connectivity index (χ1) is 26.9. The second kappa shape index (κ2) is 16.4. The highest BCUT2D eigenvalue weighted by molar-refractivity contribution is 6.05. The van der Waals surface area contributed by atoms with E-state index in [1.54, 1.807) is 0 Å². The van der Waals surface area contributed by atoms with Crippen molar-refractivity contribution in [3.05, 3.63) is 137 Å². The standard InChI is InChI=1S/C43H42F4N6O3/c1-27(54)53(24-30-6-2-4-8-38(30)43(45,46)47)25-34(20-31-22-48-39-9-5-3-7-35(31)39)50-41(55)26-52-18-16-28(17-19-52)37-23-49-40-15-14-33(21-36(37)40)51-42(56)29-10-12-32(44)13-11-29/h2-15,21-23,28,34,48-49H,16-20,24-26H2,1H3,(H,50,55)(H,51,56)/t34-/m1/s1. The number of halogens is 4. The van der Waals surface area contributed by atoms with Crippen molar-refractivity contribution in [1.29, 1.82) is 0 Å². The summed E-state index contributed by atoms with van der Waals surface area (Å²) in [5.74, 6) is -1.17. The lowest BCUT2D eigenvalue weighted by Crippen LogP contribution is -2.49. The summed E-state index contributed by atoms with van der Waals surface area (Å²) in [5.41, 5.74) is 4.05. The molecule has 9 nitrogen and oxygen atoms in total. The van der Waals surface area contributed by atoms with Crippen molar-refractivity contribution in [3.63, 3.8) is 0 Å². The van der Waals surface area contributed by atoms with E-state index in [2.05, 4.69) is 25.5 Å². The fourth-order valence-electron chi connectivity index (χ4n) is 7.68. The highest BCUT2D eigenvalue weighted by Crippen LogP contribution is 2.35. The van der Waals surface area contributed by atoms with Gasteiger partial charge in [-0.3, -0.25) is 19.3 Å². The number of aromatic nitrogens is 2. The van der Waals surface area contributed by atoms with Crippen molar-refractivity contribution in [2.45, 2.75) is 50.9 Å². The van der Waals surface area contributed by atoms with Gasteiger partial charge in [0, 0.05) is 65.5 Å². The number of hydrogen-bond donors (Lipinski definition) is 4. The van der Waals surface area contributed by atoms with Gasteiger partial charge in [-0.1, -0.05) is 36.4 Å². The minimum absolute atomic E-state index is 0.0156. The molecule has 1 aliphatic rings. The fraction of sp³-hybridized carbons (Fsp3) is 0.279. The molecule has 0 radical (unpaired) electrons. The molecule has 290 valence electrons. The van der Waals surface area contributed by atoms with Crippen molar-refractivity contribution in [2.75, 3.05) is 31.5 Å². The Bertz CT molecular complexity index is 2340. The Kier molecular flexibility index (Phi) is 11.2. The third-order valence-corrected chi connectivity index (χ3v) is 10.5. The molecule has 7 rings (SSSR count). The van der Waals surface area contributed by atoms with Crippen LogP contribution in [-0.4, -0.2) is 69.7 Å². The minimum Gasteiger partial charge on any atom is -0.361 e. The Labute approximate surface area is 321 Å². The van der Waals surface area contributed by atoms with Gasteiger partial charge in [0.2, 0.25) is 11.8 Å². The number of para-hydroxylation sites is 1. The molecule has 6 aromatic rings. The van der Waals surface area contributed by atoms with Gasteiger partial charge in [0.25, 0.3) is 5.91 Å². The van der Waals surface area contributed by atoms with E-state index in [1.807, 2.05) is 54.9 Å². The van der Waals surface area contributed by atoms with E-state index in [4.69, 9.17) is 0 Å². The summed E-state index contributed by atoms with van der Waals surface area (Å²) in [7, 11) is 0. The monoisotopic (exact) mass is 766 g/mol. The van der Waals surface area contributed by atoms with Crippen LogP contribution in [0.4, 0.5) is 23.2 Å². The molecule has 0 spiro atoms.